The highest BCUT2D eigenvalue weighted by molar-refractivity contribution is 6.39. The normalized spacial score (nSPS) is 20.0. The van der Waals surface area contributed by atoms with Crippen LogP contribution in [0.5, 0.6) is 0 Å². The molecular weight excluding hydrogens is 647 g/mol. The van der Waals surface area contributed by atoms with Crippen molar-refractivity contribution in [3.8, 4) is 11.1 Å². The summed E-state index contributed by atoms with van der Waals surface area (Å²) in [5.74, 6) is -1.51. The minimum atomic E-state index is -1.13. The third-order valence-electron chi connectivity index (χ3n) is 11.5. The number of allylic oxidation sites excluding steroid dienone is 3. The third-order valence-corrected chi connectivity index (χ3v) is 11.5. The van der Waals surface area contributed by atoms with E-state index >= 15 is 0 Å². The Balaban J connectivity index is 1.11. The van der Waals surface area contributed by atoms with Gasteiger partial charge in [-0.05, 0) is 121 Å². The van der Waals surface area contributed by atoms with Gasteiger partial charge in [0.15, 0.2) is 11.6 Å². The first-order chi connectivity index (χ1) is 25.4. The molecule has 7 heteroatoms. The number of carbonyl (C=O) groups is 3. The number of hydrogen-bond acceptors (Lipinski definition) is 6. The molecule has 0 saturated heterocycles. The van der Waals surface area contributed by atoms with E-state index in [9.17, 15) is 19.5 Å². The van der Waals surface area contributed by atoms with Crippen LogP contribution < -0.4 is 15.5 Å². The van der Waals surface area contributed by atoms with Gasteiger partial charge in [-0.1, -0.05) is 81.7 Å². The van der Waals surface area contributed by atoms with Crippen LogP contribution in [0.2, 0.25) is 0 Å². The van der Waals surface area contributed by atoms with Crippen molar-refractivity contribution in [3.05, 3.63) is 136 Å². The monoisotopic (exact) mass is 691 g/mol. The SMILES string of the molecule is CCCCNC1(NCCCC)c2ccccc2-c2cc(N3c4ccc(/C=C/C=C5\C(=O)c6ccc(C(=O)O)cc6C5=O)cc4C4CCCC43)ccc21. The molecule has 0 amide bonds. The number of nitrogens with one attached hydrogen (secondary N) is 2. The third kappa shape index (κ3) is 5.54. The zero-order chi connectivity index (χ0) is 36.0. The molecule has 264 valence electrons. The predicted octanol–water partition coefficient (Wildman–Crippen LogP) is 9.15. The first-order valence-corrected chi connectivity index (χ1v) is 18.9. The predicted molar refractivity (Wildman–Crippen MR) is 207 cm³/mol. The summed E-state index contributed by atoms with van der Waals surface area (Å²) in [6, 6.07) is 27.0. The van der Waals surface area contributed by atoms with Crippen molar-refractivity contribution < 1.29 is 19.5 Å². The van der Waals surface area contributed by atoms with E-state index in [2.05, 4.69) is 90.0 Å². The Morgan fingerprint density at radius 2 is 1.58 bits per heavy atom. The molecule has 52 heavy (non-hydrogen) atoms. The molecule has 2 atom stereocenters. The number of rotatable bonds is 12. The molecule has 4 aliphatic rings. The van der Waals surface area contributed by atoms with E-state index in [1.807, 2.05) is 6.08 Å². The molecule has 3 N–H and O–H groups in total. The van der Waals surface area contributed by atoms with Crippen LogP contribution in [0.15, 0.2) is 96.6 Å². The van der Waals surface area contributed by atoms with Gasteiger partial charge in [0.05, 0.1) is 11.1 Å². The molecule has 0 spiro atoms. The van der Waals surface area contributed by atoms with Crippen LogP contribution >= 0.6 is 0 Å². The van der Waals surface area contributed by atoms with E-state index in [4.69, 9.17) is 0 Å². The highest BCUT2D eigenvalue weighted by Crippen LogP contribution is 2.54. The zero-order valence-corrected chi connectivity index (χ0v) is 29.9. The Hall–Kier alpha value is -5.11. The summed E-state index contributed by atoms with van der Waals surface area (Å²) in [5, 5.41) is 17.3. The Labute approximate surface area is 305 Å². The fraction of sp³-hybridized carbons (Fsp3) is 0.311. The molecule has 1 fully saturated rings. The summed E-state index contributed by atoms with van der Waals surface area (Å²) >= 11 is 0. The van der Waals surface area contributed by atoms with E-state index in [1.54, 1.807) is 12.2 Å². The lowest BCUT2D eigenvalue weighted by Gasteiger charge is -2.35. The summed E-state index contributed by atoms with van der Waals surface area (Å²) in [4.78, 5) is 40.0. The summed E-state index contributed by atoms with van der Waals surface area (Å²) in [6.07, 6.45) is 13.2. The van der Waals surface area contributed by atoms with E-state index in [0.29, 0.717) is 12.0 Å². The molecular formula is C45H45N3O4. The van der Waals surface area contributed by atoms with E-state index in [1.165, 1.54) is 63.8 Å². The Bertz CT molecular complexity index is 2150. The lowest BCUT2D eigenvalue weighted by Crippen LogP contribution is -2.54. The molecule has 1 aliphatic heterocycles. The van der Waals surface area contributed by atoms with Gasteiger partial charge in [0, 0.05) is 34.5 Å². The number of fused-ring (bicyclic) bond motifs is 7. The van der Waals surface area contributed by atoms with Crippen LogP contribution in [-0.4, -0.2) is 41.8 Å². The largest absolute Gasteiger partial charge is 0.478 e. The number of hydrogen-bond donors (Lipinski definition) is 3. The average molecular weight is 692 g/mol. The van der Waals surface area contributed by atoms with Gasteiger partial charge in [0.2, 0.25) is 0 Å². The standard InChI is InChI=1S/C45H45N3O4/c1-3-5-23-46-45(47-24-6-4-2)38-15-8-7-12-31(38)35-27-30(19-21-39(35)45)48-40-16-10-13-32(40)36-25-28(17-22-41(36)48)11-9-14-34-42(49)33-20-18-29(44(51)52)26-37(33)43(34)50/h7-9,11-12,14-15,17-22,25-27,32,40,46-47H,3-6,10,13,16,23-24H2,1-2H3,(H,51,52)/b11-9+,34-14+. The van der Waals surface area contributed by atoms with Crippen LogP contribution in [0.3, 0.4) is 0 Å². The maximum Gasteiger partial charge on any atom is 0.335 e. The van der Waals surface area contributed by atoms with Gasteiger partial charge in [0.25, 0.3) is 0 Å². The number of carboxylic acid groups (broad SMARTS) is 1. The summed E-state index contributed by atoms with van der Waals surface area (Å²) in [6.45, 7) is 6.36. The second kappa shape index (κ2) is 13.8. The molecule has 1 saturated carbocycles. The van der Waals surface area contributed by atoms with Gasteiger partial charge in [0.1, 0.15) is 5.66 Å². The Morgan fingerprint density at radius 1 is 0.827 bits per heavy atom. The minimum Gasteiger partial charge on any atom is -0.478 e. The second-order valence-electron chi connectivity index (χ2n) is 14.5. The number of nitrogens with zero attached hydrogens (tertiary/aromatic N) is 1. The lowest BCUT2D eigenvalue weighted by molar-refractivity contribution is 0.0696. The molecule has 4 aromatic rings. The lowest BCUT2D eigenvalue weighted by atomic mass is 9.95. The topological polar surface area (TPSA) is 98.7 Å². The van der Waals surface area contributed by atoms with Gasteiger partial charge < -0.3 is 10.0 Å². The van der Waals surface area contributed by atoms with Crippen molar-refractivity contribution in [2.45, 2.75) is 76.4 Å². The highest BCUT2D eigenvalue weighted by atomic mass is 16.4. The summed E-state index contributed by atoms with van der Waals surface area (Å²) in [5.41, 5.74) is 10.0. The number of ketones is 2. The first kappa shape index (κ1) is 34.0. The van der Waals surface area contributed by atoms with Crippen molar-refractivity contribution in [1.29, 1.82) is 0 Å². The van der Waals surface area contributed by atoms with Crippen LogP contribution in [0.4, 0.5) is 11.4 Å². The summed E-state index contributed by atoms with van der Waals surface area (Å²) in [7, 11) is 0. The van der Waals surface area contributed by atoms with E-state index in [-0.39, 0.29) is 28.0 Å². The van der Waals surface area contributed by atoms with Crippen molar-refractivity contribution in [2.24, 2.45) is 0 Å². The number of anilines is 2. The summed E-state index contributed by atoms with van der Waals surface area (Å²) < 4.78 is 0. The van der Waals surface area contributed by atoms with Crippen molar-refractivity contribution in [3.63, 3.8) is 0 Å². The van der Waals surface area contributed by atoms with Gasteiger partial charge >= 0.3 is 5.97 Å². The molecule has 4 aromatic carbocycles. The molecule has 0 aromatic heterocycles. The molecule has 7 nitrogen and oxygen atoms in total. The number of carbonyl (C=O) groups excluding carboxylic acids is 2. The first-order valence-electron chi connectivity index (χ1n) is 18.9. The fourth-order valence-electron chi connectivity index (χ4n) is 8.95. The number of aromatic carboxylic acids is 1. The molecule has 0 bridgehead atoms. The smallest absolute Gasteiger partial charge is 0.335 e. The van der Waals surface area contributed by atoms with Crippen LogP contribution in [0.25, 0.3) is 17.2 Å². The van der Waals surface area contributed by atoms with Crippen molar-refractivity contribution >= 4 is 35.0 Å². The van der Waals surface area contributed by atoms with Gasteiger partial charge in [-0.3, -0.25) is 20.2 Å². The number of carboxylic acids is 1. The Morgan fingerprint density at radius 3 is 2.35 bits per heavy atom. The highest BCUT2D eigenvalue weighted by Gasteiger charge is 2.45. The molecule has 0 radical (unpaired) electrons. The quantitative estimate of drug-likeness (QED) is 0.0590. The molecule has 8 rings (SSSR count). The number of Topliss-reactive ketones (excluding diaryl/α,β-unsaturated/α-hetero) is 2. The van der Waals surface area contributed by atoms with E-state index in [0.717, 1.165) is 57.2 Å². The number of unbranched alkanes of at least 4 members (excludes halogenated alkanes) is 2. The van der Waals surface area contributed by atoms with Crippen LogP contribution in [0.1, 0.15) is 118 Å². The van der Waals surface area contributed by atoms with Crippen molar-refractivity contribution in [1.82, 2.24) is 10.6 Å². The molecule has 3 aliphatic carbocycles. The Kier molecular flexibility index (Phi) is 9.02. The fourth-order valence-corrected chi connectivity index (χ4v) is 8.95. The average Bonchev–Trinajstić information content (AvgIpc) is 3.88. The van der Waals surface area contributed by atoms with Gasteiger partial charge in [-0.15, -0.1) is 0 Å². The number of benzene rings is 4. The van der Waals surface area contributed by atoms with Crippen LogP contribution in [-0.2, 0) is 5.66 Å². The van der Waals surface area contributed by atoms with Crippen molar-refractivity contribution in [2.75, 3.05) is 18.0 Å². The molecule has 1 heterocycles. The van der Waals surface area contributed by atoms with Gasteiger partial charge in [-0.25, -0.2) is 4.79 Å². The second-order valence-corrected chi connectivity index (χ2v) is 14.5. The maximum absolute atomic E-state index is 13.0. The molecule has 2 unspecified atom stereocenters. The maximum atomic E-state index is 13.0. The zero-order valence-electron chi connectivity index (χ0n) is 29.9. The van der Waals surface area contributed by atoms with E-state index < -0.39 is 17.4 Å². The minimum absolute atomic E-state index is 0.00857. The van der Waals surface area contributed by atoms with Gasteiger partial charge in [-0.2, -0.15) is 0 Å². The van der Waals surface area contributed by atoms with Crippen LogP contribution in [0, 0.1) is 0 Å².